The van der Waals surface area contributed by atoms with Crippen molar-refractivity contribution in [3.05, 3.63) is 99.3 Å². The van der Waals surface area contributed by atoms with Crippen LogP contribution in [-0.2, 0) is 22.4 Å². The minimum absolute atomic E-state index is 0.151. The molecule has 0 aliphatic carbocycles. The molecular weight excluding hydrogens is 378 g/mol. The maximum atomic E-state index is 12.3. The highest BCUT2D eigenvalue weighted by Crippen LogP contribution is 2.16. The number of carbonyl (C=O) groups is 1. The minimum Gasteiger partial charge on any atom is -0.460 e. The first-order valence-corrected chi connectivity index (χ1v) is 9.60. The van der Waals surface area contributed by atoms with E-state index in [0.29, 0.717) is 17.8 Å². The highest BCUT2D eigenvalue weighted by molar-refractivity contribution is 5.73. The van der Waals surface area contributed by atoms with Gasteiger partial charge in [-0.15, -0.1) is 0 Å². The zero-order chi connectivity index (χ0) is 21.7. The Bertz CT molecular complexity index is 1150. The lowest BCUT2D eigenvalue weighted by atomic mass is 10.0. The standard InChI is InChI=1S/C24H23N3O3/c1-24(2,3)30-23(29)16-18-7-5-6-17(14-18)15-21-22(28)12-13-27(26-21)20-10-8-19(25-4)9-11-20/h5-14H,15-16H2,1-3H3. The van der Waals surface area contributed by atoms with E-state index in [1.807, 2.05) is 45.0 Å². The number of hydrogen-bond acceptors (Lipinski definition) is 4. The van der Waals surface area contributed by atoms with Gasteiger partial charge in [-0.3, -0.25) is 9.59 Å². The Morgan fingerprint density at radius 1 is 1.10 bits per heavy atom. The van der Waals surface area contributed by atoms with Gasteiger partial charge in [0.15, 0.2) is 5.69 Å². The fraction of sp³-hybridized carbons (Fsp3) is 0.250. The van der Waals surface area contributed by atoms with Gasteiger partial charge in [-0.05, 0) is 44.0 Å². The summed E-state index contributed by atoms with van der Waals surface area (Å²) >= 11 is 0. The summed E-state index contributed by atoms with van der Waals surface area (Å²) in [7, 11) is 0. The molecule has 0 radical (unpaired) electrons. The highest BCUT2D eigenvalue weighted by Gasteiger charge is 2.16. The zero-order valence-electron chi connectivity index (χ0n) is 17.3. The summed E-state index contributed by atoms with van der Waals surface area (Å²) in [6.07, 6.45) is 2.13. The van der Waals surface area contributed by atoms with Crippen LogP contribution in [0.5, 0.6) is 0 Å². The van der Waals surface area contributed by atoms with Crippen LogP contribution in [0.1, 0.15) is 37.6 Å². The molecule has 3 rings (SSSR count). The first-order chi connectivity index (χ1) is 14.2. The minimum atomic E-state index is -0.527. The molecule has 152 valence electrons. The predicted octanol–water partition coefficient (Wildman–Crippen LogP) is 4.26. The largest absolute Gasteiger partial charge is 0.460 e. The van der Waals surface area contributed by atoms with Crippen molar-refractivity contribution in [1.29, 1.82) is 0 Å². The third-order valence-electron chi connectivity index (χ3n) is 4.25. The molecule has 0 bridgehead atoms. The number of ether oxygens (including phenoxy) is 1. The van der Waals surface area contributed by atoms with E-state index in [1.165, 1.54) is 6.07 Å². The molecule has 6 nitrogen and oxygen atoms in total. The van der Waals surface area contributed by atoms with E-state index in [1.54, 1.807) is 35.1 Å². The van der Waals surface area contributed by atoms with Gasteiger partial charge >= 0.3 is 5.97 Å². The number of esters is 1. The van der Waals surface area contributed by atoms with E-state index in [0.717, 1.165) is 16.8 Å². The lowest BCUT2D eigenvalue weighted by Gasteiger charge is -2.19. The topological polar surface area (TPSA) is 65.5 Å². The van der Waals surface area contributed by atoms with Crippen LogP contribution in [-0.4, -0.2) is 21.4 Å². The monoisotopic (exact) mass is 401 g/mol. The molecule has 6 heteroatoms. The Kier molecular flexibility index (Phi) is 6.12. The van der Waals surface area contributed by atoms with Gasteiger partial charge < -0.3 is 4.74 Å². The molecular formula is C24H23N3O3. The fourth-order valence-corrected chi connectivity index (χ4v) is 2.98. The van der Waals surface area contributed by atoms with Crippen molar-refractivity contribution in [2.45, 2.75) is 39.2 Å². The normalized spacial score (nSPS) is 11.0. The van der Waals surface area contributed by atoms with Gasteiger partial charge in [0.25, 0.3) is 0 Å². The zero-order valence-corrected chi connectivity index (χ0v) is 17.3. The van der Waals surface area contributed by atoms with E-state index < -0.39 is 5.60 Å². The first kappa shape index (κ1) is 21.0. The predicted molar refractivity (Wildman–Crippen MR) is 115 cm³/mol. The van der Waals surface area contributed by atoms with Gasteiger partial charge in [0.1, 0.15) is 11.3 Å². The van der Waals surface area contributed by atoms with E-state index in [9.17, 15) is 9.59 Å². The van der Waals surface area contributed by atoms with E-state index in [-0.39, 0.29) is 17.8 Å². The summed E-state index contributed by atoms with van der Waals surface area (Å²) in [6, 6.07) is 16.0. The van der Waals surface area contributed by atoms with Crippen LogP contribution in [0.2, 0.25) is 0 Å². The smallest absolute Gasteiger partial charge is 0.310 e. The average molecular weight is 401 g/mol. The molecule has 2 aromatic carbocycles. The van der Waals surface area contributed by atoms with Crippen molar-refractivity contribution >= 4 is 11.7 Å². The average Bonchev–Trinajstić information content (AvgIpc) is 2.68. The van der Waals surface area contributed by atoms with Crippen molar-refractivity contribution < 1.29 is 9.53 Å². The van der Waals surface area contributed by atoms with Gasteiger partial charge in [0.2, 0.25) is 5.43 Å². The summed E-state index contributed by atoms with van der Waals surface area (Å²) in [5.41, 5.74) is 2.75. The quantitative estimate of drug-likeness (QED) is 0.473. The molecule has 0 unspecified atom stereocenters. The summed E-state index contributed by atoms with van der Waals surface area (Å²) in [4.78, 5) is 27.8. The highest BCUT2D eigenvalue weighted by atomic mass is 16.6. The number of hydrogen-bond donors (Lipinski definition) is 0. The number of rotatable bonds is 5. The van der Waals surface area contributed by atoms with Gasteiger partial charge in [0.05, 0.1) is 18.7 Å². The Hall–Kier alpha value is -3.72. The van der Waals surface area contributed by atoms with Crippen LogP contribution in [0, 0.1) is 6.57 Å². The van der Waals surface area contributed by atoms with E-state index in [4.69, 9.17) is 11.3 Å². The summed E-state index contributed by atoms with van der Waals surface area (Å²) in [5, 5.41) is 4.47. The molecule has 30 heavy (non-hydrogen) atoms. The fourth-order valence-electron chi connectivity index (χ4n) is 2.98. The molecule has 0 spiro atoms. The molecule has 0 aliphatic heterocycles. The molecule has 0 amide bonds. The third-order valence-corrected chi connectivity index (χ3v) is 4.25. The van der Waals surface area contributed by atoms with Crippen LogP contribution in [0.15, 0.2) is 65.6 Å². The van der Waals surface area contributed by atoms with Gasteiger partial charge in [-0.1, -0.05) is 36.4 Å². The number of nitrogens with zero attached hydrogens (tertiary/aromatic N) is 3. The Morgan fingerprint density at radius 3 is 2.47 bits per heavy atom. The van der Waals surface area contributed by atoms with Crippen LogP contribution >= 0.6 is 0 Å². The summed E-state index contributed by atoms with van der Waals surface area (Å²) in [6.45, 7) is 12.5. The van der Waals surface area contributed by atoms with Crippen LogP contribution in [0.4, 0.5) is 5.69 Å². The van der Waals surface area contributed by atoms with Gasteiger partial charge in [-0.2, -0.15) is 5.10 Å². The molecule has 1 aromatic heterocycles. The number of carbonyl (C=O) groups excluding carboxylic acids is 1. The lowest BCUT2D eigenvalue weighted by Crippen LogP contribution is -2.24. The Labute approximate surface area is 175 Å². The molecule has 0 aliphatic rings. The summed E-state index contributed by atoms with van der Waals surface area (Å²) in [5.74, 6) is -0.289. The van der Waals surface area contributed by atoms with Crippen LogP contribution in [0.25, 0.3) is 10.5 Å². The van der Waals surface area contributed by atoms with Crippen LogP contribution in [0.3, 0.4) is 0 Å². The maximum absolute atomic E-state index is 12.3. The molecule has 0 saturated carbocycles. The van der Waals surface area contributed by atoms with Gasteiger partial charge in [-0.25, -0.2) is 9.53 Å². The molecule has 0 N–H and O–H groups in total. The first-order valence-electron chi connectivity index (χ1n) is 9.60. The van der Waals surface area contributed by atoms with E-state index in [2.05, 4.69) is 9.94 Å². The number of aromatic nitrogens is 2. The number of benzene rings is 2. The van der Waals surface area contributed by atoms with Crippen LogP contribution < -0.4 is 5.43 Å². The second-order valence-electron chi connectivity index (χ2n) is 7.96. The van der Waals surface area contributed by atoms with Crippen molar-refractivity contribution in [3.63, 3.8) is 0 Å². The molecule has 3 aromatic rings. The van der Waals surface area contributed by atoms with Gasteiger partial charge in [0, 0.05) is 18.7 Å². The molecule has 0 fully saturated rings. The molecule has 0 atom stereocenters. The van der Waals surface area contributed by atoms with Crippen molar-refractivity contribution in [2.24, 2.45) is 0 Å². The molecule has 0 saturated heterocycles. The Balaban J connectivity index is 1.80. The summed E-state index contributed by atoms with van der Waals surface area (Å²) < 4.78 is 7.00. The maximum Gasteiger partial charge on any atom is 0.310 e. The van der Waals surface area contributed by atoms with E-state index >= 15 is 0 Å². The lowest BCUT2D eigenvalue weighted by molar-refractivity contribution is -0.153. The SMILES string of the molecule is [C-]#[N+]c1ccc(-n2ccc(=O)c(Cc3cccc(CC(=O)OC(C)(C)C)c3)n2)cc1. The molecule has 1 heterocycles. The third kappa shape index (κ3) is 5.65. The second-order valence-corrected chi connectivity index (χ2v) is 7.96. The van der Waals surface area contributed by atoms with Crippen molar-refractivity contribution in [1.82, 2.24) is 9.78 Å². The Morgan fingerprint density at radius 2 is 1.80 bits per heavy atom. The second kappa shape index (κ2) is 8.75. The van der Waals surface area contributed by atoms with Crippen molar-refractivity contribution in [3.8, 4) is 5.69 Å². The van der Waals surface area contributed by atoms with Crippen molar-refractivity contribution in [2.75, 3.05) is 0 Å².